The SMILES string of the molecule is CCCCB(CCCC)c1ccccc1CCCC.O.O. The van der Waals surface area contributed by atoms with E-state index >= 15 is 0 Å². The van der Waals surface area contributed by atoms with Crippen LogP contribution in [0.4, 0.5) is 0 Å². The van der Waals surface area contributed by atoms with Crippen LogP contribution in [0.2, 0.25) is 12.6 Å². The molecule has 0 unspecified atom stereocenters. The van der Waals surface area contributed by atoms with Crippen molar-refractivity contribution in [2.45, 2.75) is 78.4 Å². The topological polar surface area (TPSA) is 63.0 Å². The summed E-state index contributed by atoms with van der Waals surface area (Å²) in [6.07, 6.45) is 12.0. The molecule has 0 aliphatic carbocycles. The number of unbranched alkanes of at least 4 members (excludes halogenated alkanes) is 3. The molecule has 21 heavy (non-hydrogen) atoms. The Morgan fingerprint density at radius 3 is 1.81 bits per heavy atom. The van der Waals surface area contributed by atoms with Crippen LogP contribution in [0, 0.1) is 0 Å². The molecule has 3 heteroatoms. The number of aryl methyl sites for hydroxylation is 1. The lowest BCUT2D eigenvalue weighted by atomic mass is 9.39. The van der Waals surface area contributed by atoms with Crippen LogP contribution in [-0.2, 0) is 6.42 Å². The summed E-state index contributed by atoms with van der Waals surface area (Å²) in [5.41, 5.74) is 3.26. The van der Waals surface area contributed by atoms with Crippen molar-refractivity contribution in [2.75, 3.05) is 0 Å². The number of hydrogen-bond acceptors (Lipinski definition) is 0. The van der Waals surface area contributed by atoms with E-state index in [0.29, 0.717) is 0 Å². The van der Waals surface area contributed by atoms with Crippen molar-refractivity contribution in [3.63, 3.8) is 0 Å². The van der Waals surface area contributed by atoms with Gasteiger partial charge in [0.05, 0.1) is 0 Å². The molecule has 1 aromatic carbocycles. The van der Waals surface area contributed by atoms with Gasteiger partial charge in [-0.25, -0.2) is 0 Å². The molecule has 0 amide bonds. The Kier molecular flexibility index (Phi) is 15.2. The molecule has 0 spiro atoms. The predicted octanol–water partition coefficient (Wildman–Crippen LogP) is 3.68. The molecule has 2 nitrogen and oxygen atoms in total. The summed E-state index contributed by atoms with van der Waals surface area (Å²) in [7, 11) is 0. The van der Waals surface area contributed by atoms with Gasteiger partial charge in [0.1, 0.15) is 0 Å². The normalized spacial score (nSPS) is 9.67. The molecule has 0 radical (unpaired) electrons. The molecule has 4 N–H and O–H groups in total. The van der Waals surface area contributed by atoms with Gasteiger partial charge < -0.3 is 11.0 Å². The van der Waals surface area contributed by atoms with Crippen molar-refractivity contribution in [2.24, 2.45) is 0 Å². The summed E-state index contributed by atoms with van der Waals surface area (Å²) in [6, 6.07) is 9.19. The first-order chi connectivity index (χ1) is 9.33. The van der Waals surface area contributed by atoms with Crippen LogP contribution in [0.15, 0.2) is 24.3 Å². The summed E-state index contributed by atoms with van der Waals surface area (Å²) < 4.78 is 0. The van der Waals surface area contributed by atoms with E-state index in [2.05, 4.69) is 45.0 Å². The maximum atomic E-state index is 2.39. The first kappa shape index (κ1) is 22.5. The van der Waals surface area contributed by atoms with Crippen molar-refractivity contribution < 1.29 is 11.0 Å². The van der Waals surface area contributed by atoms with Gasteiger partial charge in [0, 0.05) is 0 Å². The highest BCUT2D eigenvalue weighted by molar-refractivity contribution is 6.73. The first-order valence-electron chi connectivity index (χ1n) is 8.41. The smallest absolute Gasteiger partial charge is 0.176 e. The molecule has 0 saturated heterocycles. The molecular formula is C18H35BO2. The van der Waals surface area contributed by atoms with E-state index in [9.17, 15) is 0 Å². The van der Waals surface area contributed by atoms with Gasteiger partial charge in [0.25, 0.3) is 0 Å². The van der Waals surface area contributed by atoms with Crippen LogP contribution in [0.25, 0.3) is 0 Å². The molecule has 0 aliphatic rings. The average Bonchev–Trinajstić information content (AvgIpc) is 2.46. The molecule has 1 rings (SSSR count). The number of rotatable bonds is 10. The molecule has 1 aromatic rings. The molecule has 0 aliphatic heterocycles. The fraction of sp³-hybridized carbons (Fsp3) is 0.667. The van der Waals surface area contributed by atoms with Gasteiger partial charge >= 0.3 is 0 Å². The standard InChI is InChI=1S/C18H31B.2H2O/c1-4-7-12-17-13-10-11-14-18(17)19(15-8-5-2)16-9-6-3;;/h10-11,13-14H,4-9,12,15-16H2,1-3H3;2*1H2. The summed E-state index contributed by atoms with van der Waals surface area (Å²) in [4.78, 5) is 0. The predicted molar refractivity (Wildman–Crippen MR) is 97.1 cm³/mol. The molecule has 0 atom stereocenters. The van der Waals surface area contributed by atoms with Crippen LogP contribution < -0.4 is 5.46 Å². The number of hydrogen-bond donors (Lipinski definition) is 0. The molecule has 0 bridgehead atoms. The fourth-order valence-electron chi connectivity index (χ4n) is 2.88. The lowest BCUT2D eigenvalue weighted by Gasteiger charge is -2.17. The minimum Gasteiger partial charge on any atom is -0.412 e. The molecule has 0 saturated carbocycles. The van der Waals surface area contributed by atoms with Crippen molar-refractivity contribution in [1.82, 2.24) is 0 Å². The fourth-order valence-corrected chi connectivity index (χ4v) is 2.88. The minimum absolute atomic E-state index is 0. The zero-order valence-corrected chi connectivity index (χ0v) is 14.3. The third kappa shape index (κ3) is 8.28. The van der Waals surface area contributed by atoms with E-state index in [4.69, 9.17) is 0 Å². The third-order valence-corrected chi connectivity index (χ3v) is 4.11. The van der Waals surface area contributed by atoms with Gasteiger partial charge in [-0.05, 0) is 12.8 Å². The van der Waals surface area contributed by atoms with Crippen LogP contribution in [-0.4, -0.2) is 17.7 Å². The molecule has 122 valence electrons. The monoisotopic (exact) mass is 294 g/mol. The summed E-state index contributed by atoms with van der Waals surface area (Å²) in [6.45, 7) is 7.70. The highest BCUT2D eigenvalue weighted by Crippen LogP contribution is 2.13. The molecular weight excluding hydrogens is 259 g/mol. The Labute approximate surface area is 132 Å². The van der Waals surface area contributed by atoms with Gasteiger partial charge in [-0.3, -0.25) is 0 Å². The van der Waals surface area contributed by atoms with Gasteiger partial charge in [0.15, 0.2) is 6.71 Å². The second kappa shape index (κ2) is 14.2. The van der Waals surface area contributed by atoms with E-state index in [-0.39, 0.29) is 11.0 Å². The first-order valence-corrected chi connectivity index (χ1v) is 8.41. The lowest BCUT2D eigenvalue weighted by molar-refractivity contribution is 0.796. The quantitative estimate of drug-likeness (QED) is 0.591. The Morgan fingerprint density at radius 1 is 0.762 bits per heavy atom. The lowest BCUT2D eigenvalue weighted by Crippen LogP contribution is -2.32. The minimum atomic E-state index is 0. The average molecular weight is 294 g/mol. The molecule has 0 fully saturated rings. The Hall–Kier alpha value is -0.795. The summed E-state index contributed by atoms with van der Waals surface area (Å²) >= 11 is 0. The zero-order valence-electron chi connectivity index (χ0n) is 14.3. The maximum Gasteiger partial charge on any atom is 0.176 e. The second-order valence-corrected chi connectivity index (χ2v) is 5.78. The van der Waals surface area contributed by atoms with E-state index in [0.717, 1.165) is 6.71 Å². The van der Waals surface area contributed by atoms with Crippen molar-refractivity contribution in [3.8, 4) is 0 Å². The van der Waals surface area contributed by atoms with Crippen LogP contribution in [0.5, 0.6) is 0 Å². The third-order valence-electron chi connectivity index (χ3n) is 4.11. The highest BCUT2D eigenvalue weighted by Gasteiger charge is 2.17. The van der Waals surface area contributed by atoms with E-state index < -0.39 is 0 Å². The van der Waals surface area contributed by atoms with Gasteiger partial charge in [-0.1, -0.05) is 101 Å². The largest absolute Gasteiger partial charge is 0.412 e. The van der Waals surface area contributed by atoms with Crippen LogP contribution in [0.1, 0.15) is 64.9 Å². The Bertz CT molecular complexity index is 334. The number of benzene rings is 1. The van der Waals surface area contributed by atoms with E-state index in [1.54, 1.807) is 11.0 Å². The van der Waals surface area contributed by atoms with E-state index in [1.807, 2.05) is 0 Å². The molecule has 0 aromatic heterocycles. The summed E-state index contributed by atoms with van der Waals surface area (Å²) in [5, 5.41) is 0. The van der Waals surface area contributed by atoms with E-state index in [1.165, 1.54) is 57.6 Å². The van der Waals surface area contributed by atoms with Gasteiger partial charge in [-0.2, -0.15) is 0 Å². The van der Waals surface area contributed by atoms with Crippen molar-refractivity contribution >= 4 is 12.2 Å². The second-order valence-electron chi connectivity index (χ2n) is 5.78. The van der Waals surface area contributed by atoms with Crippen LogP contribution in [0.3, 0.4) is 0 Å². The van der Waals surface area contributed by atoms with Crippen molar-refractivity contribution in [1.29, 1.82) is 0 Å². The van der Waals surface area contributed by atoms with Gasteiger partial charge in [-0.15, -0.1) is 0 Å². The highest BCUT2D eigenvalue weighted by atomic mass is 16.0. The Morgan fingerprint density at radius 2 is 1.29 bits per heavy atom. The maximum absolute atomic E-state index is 2.39. The Balaban J connectivity index is 0. The zero-order chi connectivity index (χ0) is 13.9. The summed E-state index contributed by atoms with van der Waals surface area (Å²) in [5.74, 6) is 0. The van der Waals surface area contributed by atoms with Crippen LogP contribution >= 0.6 is 0 Å². The molecule has 0 heterocycles. The van der Waals surface area contributed by atoms with Crippen molar-refractivity contribution in [3.05, 3.63) is 29.8 Å². The van der Waals surface area contributed by atoms with Gasteiger partial charge in [0.2, 0.25) is 0 Å².